The summed E-state index contributed by atoms with van der Waals surface area (Å²) in [5.41, 5.74) is 1.39. The highest BCUT2D eigenvalue weighted by atomic mass is 79.9. The van der Waals surface area contributed by atoms with Crippen molar-refractivity contribution in [2.75, 3.05) is 5.33 Å². The van der Waals surface area contributed by atoms with Crippen LogP contribution in [0, 0.1) is 11.8 Å². The number of benzene rings is 1. The maximum Gasteiger partial charge on any atom is 0.0406 e. The molecule has 0 aliphatic carbocycles. The van der Waals surface area contributed by atoms with E-state index in [1.807, 2.05) is 12.1 Å². The molecule has 2 heteroatoms. The predicted octanol–water partition coefficient (Wildman–Crippen LogP) is 5.33. The molecule has 90 valence electrons. The van der Waals surface area contributed by atoms with Gasteiger partial charge in [-0.25, -0.2) is 0 Å². The van der Waals surface area contributed by atoms with Crippen LogP contribution in [0.1, 0.15) is 32.3 Å². The fourth-order valence-electron chi connectivity index (χ4n) is 2.02. The first-order chi connectivity index (χ1) is 7.67. The lowest BCUT2D eigenvalue weighted by Gasteiger charge is -2.21. The molecule has 0 saturated heterocycles. The molecule has 2 atom stereocenters. The van der Waals surface area contributed by atoms with E-state index in [4.69, 9.17) is 11.6 Å². The highest BCUT2D eigenvalue weighted by Crippen LogP contribution is 2.24. The minimum absolute atomic E-state index is 0.723. The molecule has 1 aromatic rings. The Morgan fingerprint density at radius 2 is 1.88 bits per heavy atom. The molecule has 1 aromatic carbocycles. The van der Waals surface area contributed by atoms with Crippen LogP contribution in [0.5, 0.6) is 0 Å². The molecule has 0 fully saturated rings. The van der Waals surface area contributed by atoms with Crippen molar-refractivity contribution in [3.8, 4) is 0 Å². The predicted molar refractivity (Wildman–Crippen MR) is 76.5 cm³/mol. The average molecular weight is 304 g/mol. The molecule has 0 aliphatic heterocycles. The Balaban J connectivity index is 2.59. The van der Waals surface area contributed by atoms with E-state index in [0.717, 1.165) is 28.6 Å². The molecule has 0 aliphatic rings. The van der Waals surface area contributed by atoms with Crippen molar-refractivity contribution < 1.29 is 0 Å². The topological polar surface area (TPSA) is 0 Å². The Morgan fingerprint density at radius 3 is 2.38 bits per heavy atom. The third-order valence-corrected chi connectivity index (χ3v) is 4.24. The molecule has 0 amide bonds. The zero-order chi connectivity index (χ0) is 12.0. The Hall–Kier alpha value is -0.0100. The lowest BCUT2D eigenvalue weighted by molar-refractivity contribution is 0.367. The molecular formula is C14H20BrCl. The summed E-state index contributed by atoms with van der Waals surface area (Å²) in [7, 11) is 0. The second-order valence-electron chi connectivity index (χ2n) is 4.51. The highest BCUT2D eigenvalue weighted by molar-refractivity contribution is 9.09. The minimum Gasteiger partial charge on any atom is -0.0925 e. The van der Waals surface area contributed by atoms with Crippen molar-refractivity contribution in [2.45, 2.75) is 33.1 Å². The normalized spacial score (nSPS) is 14.8. The van der Waals surface area contributed by atoms with Crippen LogP contribution in [0.15, 0.2) is 24.3 Å². The van der Waals surface area contributed by atoms with Crippen LogP contribution in [0.4, 0.5) is 0 Å². The van der Waals surface area contributed by atoms with Crippen LogP contribution in [0.2, 0.25) is 5.02 Å². The molecular weight excluding hydrogens is 284 g/mol. The van der Waals surface area contributed by atoms with Crippen molar-refractivity contribution in [2.24, 2.45) is 11.8 Å². The molecule has 0 radical (unpaired) electrons. The van der Waals surface area contributed by atoms with Gasteiger partial charge in [0, 0.05) is 10.4 Å². The first-order valence-corrected chi connectivity index (χ1v) is 7.47. The summed E-state index contributed by atoms with van der Waals surface area (Å²) < 4.78 is 0. The minimum atomic E-state index is 0.723. The summed E-state index contributed by atoms with van der Waals surface area (Å²) in [6.45, 7) is 4.61. The maximum absolute atomic E-state index is 5.89. The van der Waals surface area contributed by atoms with Gasteiger partial charge in [-0.2, -0.15) is 0 Å². The highest BCUT2D eigenvalue weighted by Gasteiger charge is 2.15. The fraction of sp³-hybridized carbons (Fsp3) is 0.571. The summed E-state index contributed by atoms with van der Waals surface area (Å²) >= 11 is 9.52. The Kier molecular flexibility index (Phi) is 6.45. The lowest BCUT2D eigenvalue weighted by Crippen LogP contribution is -2.16. The lowest BCUT2D eigenvalue weighted by atomic mass is 9.87. The van der Waals surface area contributed by atoms with Gasteiger partial charge >= 0.3 is 0 Å². The van der Waals surface area contributed by atoms with E-state index in [2.05, 4.69) is 41.9 Å². The van der Waals surface area contributed by atoms with E-state index in [1.54, 1.807) is 0 Å². The van der Waals surface area contributed by atoms with Crippen molar-refractivity contribution in [3.63, 3.8) is 0 Å². The van der Waals surface area contributed by atoms with Gasteiger partial charge in [-0.1, -0.05) is 66.4 Å². The van der Waals surface area contributed by atoms with E-state index < -0.39 is 0 Å². The fourth-order valence-corrected chi connectivity index (χ4v) is 3.02. The molecule has 0 N–H and O–H groups in total. The van der Waals surface area contributed by atoms with Gasteiger partial charge in [0.25, 0.3) is 0 Å². The third kappa shape index (κ3) is 4.47. The first kappa shape index (κ1) is 14.1. The van der Waals surface area contributed by atoms with Crippen LogP contribution < -0.4 is 0 Å². The SMILES string of the molecule is CCCC(C)C(CBr)Cc1ccc(Cl)cc1. The molecule has 16 heavy (non-hydrogen) atoms. The van der Waals surface area contributed by atoms with Gasteiger partial charge in [-0.15, -0.1) is 0 Å². The van der Waals surface area contributed by atoms with Gasteiger partial charge in [-0.3, -0.25) is 0 Å². The third-order valence-electron chi connectivity index (χ3n) is 3.16. The second kappa shape index (κ2) is 7.34. The van der Waals surface area contributed by atoms with E-state index in [9.17, 15) is 0 Å². The Morgan fingerprint density at radius 1 is 1.25 bits per heavy atom. The number of halogens is 2. The average Bonchev–Trinajstić information content (AvgIpc) is 2.28. The van der Waals surface area contributed by atoms with Crippen molar-refractivity contribution in [3.05, 3.63) is 34.9 Å². The molecule has 0 saturated carbocycles. The molecule has 1 rings (SSSR count). The quantitative estimate of drug-likeness (QED) is 0.623. The van der Waals surface area contributed by atoms with Crippen LogP contribution >= 0.6 is 27.5 Å². The number of alkyl halides is 1. The van der Waals surface area contributed by atoms with E-state index in [-0.39, 0.29) is 0 Å². The number of hydrogen-bond acceptors (Lipinski definition) is 0. The van der Waals surface area contributed by atoms with E-state index in [0.29, 0.717) is 0 Å². The summed E-state index contributed by atoms with van der Waals surface area (Å²) in [5.74, 6) is 1.50. The van der Waals surface area contributed by atoms with Gasteiger partial charge in [-0.05, 0) is 36.0 Å². The van der Waals surface area contributed by atoms with E-state index >= 15 is 0 Å². The standard InChI is InChI=1S/C14H20BrCl/c1-3-4-11(2)13(10-15)9-12-5-7-14(16)8-6-12/h5-8,11,13H,3-4,9-10H2,1-2H3. The largest absolute Gasteiger partial charge is 0.0925 e. The zero-order valence-electron chi connectivity index (χ0n) is 10.0. The van der Waals surface area contributed by atoms with Crippen LogP contribution in [-0.2, 0) is 6.42 Å². The van der Waals surface area contributed by atoms with Gasteiger partial charge in [0.15, 0.2) is 0 Å². The summed E-state index contributed by atoms with van der Waals surface area (Å²) in [4.78, 5) is 0. The van der Waals surface area contributed by atoms with Gasteiger partial charge < -0.3 is 0 Å². The molecule has 2 unspecified atom stereocenters. The molecule has 0 aromatic heterocycles. The Bertz CT molecular complexity index is 294. The second-order valence-corrected chi connectivity index (χ2v) is 5.59. The van der Waals surface area contributed by atoms with Gasteiger partial charge in [0.2, 0.25) is 0 Å². The van der Waals surface area contributed by atoms with Gasteiger partial charge in [0.05, 0.1) is 0 Å². The van der Waals surface area contributed by atoms with E-state index in [1.165, 1.54) is 18.4 Å². The maximum atomic E-state index is 5.89. The van der Waals surface area contributed by atoms with Crippen molar-refractivity contribution in [1.82, 2.24) is 0 Å². The summed E-state index contributed by atoms with van der Waals surface area (Å²) in [5, 5.41) is 1.90. The Labute approximate surface area is 113 Å². The molecule has 0 heterocycles. The first-order valence-electron chi connectivity index (χ1n) is 5.97. The summed E-state index contributed by atoms with van der Waals surface area (Å²) in [6.07, 6.45) is 3.72. The zero-order valence-corrected chi connectivity index (χ0v) is 12.4. The molecule has 0 nitrogen and oxygen atoms in total. The smallest absolute Gasteiger partial charge is 0.0406 e. The van der Waals surface area contributed by atoms with Crippen LogP contribution in [-0.4, -0.2) is 5.33 Å². The van der Waals surface area contributed by atoms with Gasteiger partial charge in [0.1, 0.15) is 0 Å². The summed E-state index contributed by atoms with van der Waals surface area (Å²) in [6, 6.07) is 8.23. The molecule has 0 bridgehead atoms. The monoisotopic (exact) mass is 302 g/mol. The number of hydrogen-bond donors (Lipinski definition) is 0. The van der Waals surface area contributed by atoms with Crippen molar-refractivity contribution in [1.29, 1.82) is 0 Å². The van der Waals surface area contributed by atoms with Crippen LogP contribution in [0.25, 0.3) is 0 Å². The van der Waals surface area contributed by atoms with Crippen LogP contribution in [0.3, 0.4) is 0 Å². The van der Waals surface area contributed by atoms with Crippen molar-refractivity contribution >= 4 is 27.5 Å². The molecule has 0 spiro atoms. The number of rotatable bonds is 6.